The molecule has 0 bridgehead atoms. The molecule has 1 aromatic carbocycles. The number of likely N-dealkylation sites (tertiary alicyclic amines) is 1. The highest BCUT2D eigenvalue weighted by atomic mass is 16.6. The maximum Gasteiger partial charge on any atom is 0.417 e. The van der Waals surface area contributed by atoms with Crippen LogP contribution in [0.15, 0.2) is 12.1 Å². The zero-order valence-corrected chi connectivity index (χ0v) is 15.5. The van der Waals surface area contributed by atoms with E-state index in [2.05, 4.69) is 0 Å². The van der Waals surface area contributed by atoms with Crippen LogP contribution in [-0.2, 0) is 20.7 Å². The Balaban J connectivity index is 1.58. The smallest absolute Gasteiger partial charge is 0.417 e. The van der Waals surface area contributed by atoms with E-state index < -0.39 is 6.09 Å². The van der Waals surface area contributed by atoms with E-state index >= 15 is 0 Å². The third kappa shape index (κ3) is 3.49. The predicted molar refractivity (Wildman–Crippen MR) is 93.0 cm³/mol. The van der Waals surface area contributed by atoms with Gasteiger partial charge in [-0.05, 0) is 18.1 Å². The van der Waals surface area contributed by atoms with Gasteiger partial charge in [0, 0.05) is 19.5 Å². The van der Waals surface area contributed by atoms with Crippen molar-refractivity contribution in [2.75, 3.05) is 41.0 Å². The molecule has 0 N–H and O–H groups in total. The summed E-state index contributed by atoms with van der Waals surface area (Å²) in [7, 11) is 4.61. The molecule has 3 amide bonds. The van der Waals surface area contributed by atoms with Gasteiger partial charge in [0.1, 0.15) is 0 Å². The lowest BCUT2D eigenvalue weighted by Crippen LogP contribution is -2.62. The minimum Gasteiger partial charge on any atom is -0.493 e. The van der Waals surface area contributed by atoms with E-state index in [4.69, 9.17) is 18.9 Å². The number of cyclic esters (lactones) is 1. The van der Waals surface area contributed by atoms with Crippen LogP contribution in [0.3, 0.4) is 0 Å². The minimum atomic E-state index is -0.632. The minimum absolute atomic E-state index is 0.0527. The summed E-state index contributed by atoms with van der Waals surface area (Å²) >= 11 is 0. The molecule has 0 aliphatic carbocycles. The Labute approximate surface area is 156 Å². The molecule has 2 aliphatic rings. The third-order valence-electron chi connectivity index (χ3n) is 4.76. The van der Waals surface area contributed by atoms with Gasteiger partial charge in [0.25, 0.3) is 5.91 Å². The van der Waals surface area contributed by atoms with Crippen molar-refractivity contribution < 1.29 is 33.3 Å². The molecule has 0 atom stereocenters. The maximum atomic E-state index is 12.4. The van der Waals surface area contributed by atoms with Crippen molar-refractivity contribution in [3.8, 4) is 17.2 Å². The number of amides is 3. The lowest BCUT2D eigenvalue weighted by molar-refractivity contribution is -0.142. The Morgan fingerprint density at radius 3 is 2.37 bits per heavy atom. The number of carbonyl (C=O) groups excluding carboxylic acids is 3. The molecule has 2 aliphatic heterocycles. The van der Waals surface area contributed by atoms with Gasteiger partial charge in [0.05, 0.1) is 27.4 Å². The first-order chi connectivity index (χ1) is 13.0. The summed E-state index contributed by atoms with van der Waals surface area (Å²) in [6.45, 7) is 0.452. The van der Waals surface area contributed by atoms with Gasteiger partial charge < -0.3 is 23.8 Å². The fourth-order valence-electron chi connectivity index (χ4n) is 3.30. The van der Waals surface area contributed by atoms with Crippen LogP contribution in [0, 0.1) is 0 Å². The highest BCUT2D eigenvalue weighted by Crippen LogP contribution is 2.40. The molecule has 0 saturated carbocycles. The van der Waals surface area contributed by atoms with E-state index in [-0.39, 0.29) is 30.9 Å². The summed E-state index contributed by atoms with van der Waals surface area (Å²) in [5.41, 5.74) is 0.832. The second-order valence-corrected chi connectivity index (χ2v) is 6.26. The molecular formula is C18H22N2O7. The summed E-state index contributed by atoms with van der Waals surface area (Å²) < 4.78 is 20.7. The Hall–Kier alpha value is -2.97. The third-order valence-corrected chi connectivity index (χ3v) is 4.76. The van der Waals surface area contributed by atoms with E-state index in [1.165, 1.54) is 14.2 Å². The Morgan fingerprint density at radius 2 is 1.81 bits per heavy atom. The first-order valence-electron chi connectivity index (χ1n) is 8.54. The largest absolute Gasteiger partial charge is 0.493 e. The summed E-state index contributed by atoms with van der Waals surface area (Å²) in [6, 6.07) is 3.31. The zero-order valence-electron chi connectivity index (χ0n) is 15.5. The number of methoxy groups -OCH3 is 3. The molecular weight excluding hydrogens is 356 g/mol. The van der Waals surface area contributed by atoms with Crippen LogP contribution in [0.2, 0.25) is 0 Å². The number of ether oxygens (including phenoxy) is 4. The van der Waals surface area contributed by atoms with Gasteiger partial charge in [0.2, 0.25) is 11.7 Å². The summed E-state index contributed by atoms with van der Waals surface area (Å²) in [5, 5.41) is 0. The van der Waals surface area contributed by atoms with Gasteiger partial charge in [-0.2, -0.15) is 0 Å². The van der Waals surface area contributed by atoms with Crippen LogP contribution >= 0.6 is 0 Å². The van der Waals surface area contributed by atoms with Crippen LogP contribution < -0.4 is 14.2 Å². The van der Waals surface area contributed by atoms with Crippen molar-refractivity contribution in [2.45, 2.75) is 18.9 Å². The number of carbonyl (C=O) groups is 3. The molecule has 2 heterocycles. The van der Waals surface area contributed by atoms with Gasteiger partial charge in [0.15, 0.2) is 18.1 Å². The highest BCUT2D eigenvalue weighted by molar-refractivity contribution is 5.98. The number of rotatable bonds is 7. The first-order valence-corrected chi connectivity index (χ1v) is 8.54. The van der Waals surface area contributed by atoms with Crippen molar-refractivity contribution in [3.63, 3.8) is 0 Å². The molecule has 0 radical (unpaired) electrons. The fourth-order valence-corrected chi connectivity index (χ4v) is 3.30. The Kier molecular flexibility index (Phi) is 5.38. The number of benzene rings is 1. The Morgan fingerprint density at radius 1 is 1.11 bits per heavy atom. The van der Waals surface area contributed by atoms with Crippen LogP contribution in [0.4, 0.5) is 4.79 Å². The second-order valence-electron chi connectivity index (χ2n) is 6.26. The molecule has 2 saturated heterocycles. The number of hydrogen-bond donors (Lipinski definition) is 0. The summed E-state index contributed by atoms with van der Waals surface area (Å²) in [6.07, 6.45) is 0.109. The first kappa shape index (κ1) is 18.8. The SMILES string of the molecule is COc1ccc(CCC(=O)N2CC(N3C(=O)COC3=O)C2)c(OC)c1OC. The molecule has 9 heteroatoms. The van der Waals surface area contributed by atoms with E-state index in [9.17, 15) is 14.4 Å². The van der Waals surface area contributed by atoms with Gasteiger partial charge in [-0.3, -0.25) is 9.59 Å². The van der Waals surface area contributed by atoms with Crippen LogP contribution in [0.1, 0.15) is 12.0 Å². The monoisotopic (exact) mass is 378 g/mol. The number of imide groups is 1. The van der Waals surface area contributed by atoms with Crippen LogP contribution in [-0.4, -0.2) is 74.8 Å². The molecule has 1 aromatic rings. The molecule has 0 spiro atoms. The average molecular weight is 378 g/mol. The number of nitrogens with zero attached hydrogens (tertiary/aromatic N) is 2. The van der Waals surface area contributed by atoms with Crippen molar-refractivity contribution in [1.29, 1.82) is 0 Å². The van der Waals surface area contributed by atoms with Gasteiger partial charge in [-0.1, -0.05) is 6.07 Å². The molecule has 146 valence electrons. The van der Waals surface area contributed by atoms with Gasteiger partial charge in [-0.15, -0.1) is 0 Å². The van der Waals surface area contributed by atoms with Gasteiger partial charge >= 0.3 is 6.09 Å². The highest BCUT2D eigenvalue weighted by Gasteiger charge is 2.44. The second kappa shape index (κ2) is 7.73. The molecule has 2 fully saturated rings. The van der Waals surface area contributed by atoms with E-state index in [0.717, 1.165) is 10.5 Å². The molecule has 0 aromatic heterocycles. The van der Waals surface area contributed by atoms with Gasteiger partial charge in [-0.25, -0.2) is 9.69 Å². The zero-order chi connectivity index (χ0) is 19.6. The lowest BCUT2D eigenvalue weighted by atomic mass is 10.0. The molecule has 0 unspecified atom stereocenters. The topological polar surface area (TPSA) is 94.6 Å². The molecule has 27 heavy (non-hydrogen) atoms. The van der Waals surface area contributed by atoms with Crippen LogP contribution in [0.25, 0.3) is 0 Å². The normalized spacial score (nSPS) is 16.9. The average Bonchev–Trinajstić information content (AvgIpc) is 2.96. The van der Waals surface area contributed by atoms with Crippen molar-refractivity contribution in [1.82, 2.24) is 9.80 Å². The quantitative estimate of drug-likeness (QED) is 0.694. The van der Waals surface area contributed by atoms with E-state index in [1.807, 2.05) is 6.07 Å². The van der Waals surface area contributed by atoms with Crippen LogP contribution in [0.5, 0.6) is 17.2 Å². The Bertz CT molecular complexity index is 742. The number of hydrogen-bond acceptors (Lipinski definition) is 7. The molecule has 3 rings (SSSR count). The fraction of sp³-hybridized carbons (Fsp3) is 0.500. The van der Waals surface area contributed by atoms with Crippen molar-refractivity contribution in [2.24, 2.45) is 0 Å². The lowest BCUT2D eigenvalue weighted by Gasteiger charge is -2.42. The van der Waals surface area contributed by atoms with E-state index in [1.54, 1.807) is 18.1 Å². The molecule has 9 nitrogen and oxygen atoms in total. The predicted octanol–water partition coefficient (Wildman–Crippen LogP) is 0.835. The van der Waals surface area contributed by atoms with E-state index in [0.29, 0.717) is 36.8 Å². The summed E-state index contributed by atoms with van der Waals surface area (Å²) in [4.78, 5) is 38.3. The number of aryl methyl sites for hydroxylation is 1. The van der Waals surface area contributed by atoms with Crippen molar-refractivity contribution in [3.05, 3.63) is 17.7 Å². The van der Waals surface area contributed by atoms with Crippen molar-refractivity contribution >= 4 is 17.9 Å². The standard InChI is InChI=1S/C18H22N2O7/c1-24-13-6-4-11(16(25-2)17(13)26-3)5-7-14(21)19-8-12(9-19)20-15(22)10-27-18(20)23/h4,6,12H,5,7-10H2,1-3H3. The maximum absolute atomic E-state index is 12.4. The summed E-state index contributed by atoms with van der Waals surface area (Å²) in [5.74, 6) is 1.17.